The molecule has 1 aromatic rings. The van der Waals surface area contributed by atoms with E-state index in [0.717, 1.165) is 42.4 Å². The van der Waals surface area contributed by atoms with Gasteiger partial charge in [-0.1, -0.05) is 57.4 Å². The Morgan fingerprint density at radius 2 is 1.73 bits per heavy atom. The van der Waals surface area contributed by atoms with Gasteiger partial charge < -0.3 is 5.32 Å². The maximum Gasteiger partial charge on any atom is 0.224 e. The fourth-order valence-corrected chi connectivity index (χ4v) is 2.90. The van der Waals surface area contributed by atoms with Crippen LogP contribution >= 0.6 is 0 Å². The minimum Gasteiger partial charge on any atom is -0.323 e. The van der Waals surface area contributed by atoms with Gasteiger partial charge in [-0.2, -0.15) is 0 Å². The van der Waals surface area contributed by atoms with Gasteiger partial charge in [-0.15, -0.1) is 0 Å². The molecular weight excluding hydrogens is 274 g/mol. The molecule has 3 heteroatoms. The molecule has 0 saturated heterocycles. The highest BCUT2D eigenvalue weighted by Gasteiger charge is 2.29. The van der Waals surface area contributed by atoms with Crippen LogP contribution in [0.2, 0.25) is 0 Å². The average Bonchev–Trinajstić information content (AvgIpc) is 2.77. The molecular formula is C19H25NO2. The summed E-state index contributed by atoms with van der Waals surface area (Å²) in [6.07, 6.45) is 6.70. The van der Waals surface area contributed by atoms with E-state index in [1.54, 1.807) is 0 Å². The lowest BCUT2D eigenvalue weighted by molar-refractivity contribution is -0.120. The smallest absolute Gasteiger partial charge is 0.224 e. The van der Waals surface area contributed by atoms with Crippen molar-refractivity contribution in [3.05, 3.63) is 41.1 Å². The van der Waals surface area contributed by atoms with E-state index in [1.807, 2.05) is 31.2 Å². The van der Waals surface area contributed by atoms with Crippen LogP contribution in [0, 0.1) is 0 Å². The molecule has 1 N–H and O–H groups in total. The van der Waals surface area contributed by atoms with Crippen LogP contribution in [0.25, 0.3) is 5.57 Å². The summed E-state index contributed by atoms with van der Waals surface area (Å²) in [5.41, 5.74) is 3.24. The summed E-state index contributed by atoms with van der Waals surface area (Å²) in [6, 6.07) is 7.67. The molecule has 0 atom stereocenters. The number of hydrogen-bond donors (Lipinski definition) is 1. The first-order valence-electron chi connectivity index (χ1n) is 8.36. The van der Waals surface area contributed by atoms with E-state index in [1.165, 1.54) is 12.8 Å². The third-order valence-electron chi connectivity index (χ3n) is 4.05. The van der Waals surface area contributed by atoms with Gasteiger partial charge in [0, 0.05) is 12.0 Å². The molecule has 1 aromatic carbocycles. The van der Waals surface area contributed by atoms with Crippen LogP contribution in [0.3, 0.4) is 0 Å². The number of benzene rings is 1. The van der Waals surface area contributed by atoms with Crippen molar-refractivity contribution in [1.82, 2.24) is 5.32 Å². The molecule has 22 heavy (non-hydrogen) atoms. The molecule has 0 unspecified atom stereocenters. The molecule has 0 heterocycles. The summed E-state index contributed by atoms with van der Waals surface area (Å²) >= 11 is 0. The second-order valence-electron chi connectivity index (χ2n) is 5.84. The maximum atomic E-state index is 12.6. The molecule has 0 bridgehead atoms. The number of nitrogens with one attached hydrogen (secondary N) is 1. The van der Waals surface area contributed by atoms with Crippen molar-refractivity contribution in [1.29, 1.82) is 0 Å². The molecule has 0 saturated carbocycles. The van der Waals surface area contributed by atoms with Crippen molar-refractivity contribution in [3.63, 3.8) is 0 Å². The minimum absolute atomic E-state index is 0.0365. The highest BCUT2D eigenvalue weighted by Crippen LogP contribution is 2.35. The Balaban J connectivity index is 2.22. The van der Waals surface area contributed by atoms with Gasteiger partial charge in [0.15, 0.2) is 0 Å². The number of amides is 1. The van der Waals surface area contributed by atoms with E-state index in [4.69, 9.17) is 0 Å². The molecule has 0 radical (unpaired) electrons. The van der Waals surface area contributed by atoms with Crippen LogP contribution in [0.1, 0.15) is 74.7 Å². The predicted octanol–water partition coefficient (Wildman–Crippen LogP) is 4.48. The van der Waals surface area contributed by atoms with E-state index in [9.17, 15) is 9.59 Å². The quantitative estimate of drug-likeness (QED) is 0.719. The van der Waals surface area contributed by atoms with Crippen molar-refractivity contribution in [2.24, 2.45) is 0 Å². The van der Waals surface area contributed by atoms with E-state index >= 15 is 0 Å². The first-order chi connectivity index (χ1) is 10.7. The standard InChI is InChI=1S/C19H25NO2/c1-3-5-6-7-12-15-14-11-8-9-13-16(14)19(22)18(15)20-17(21)10-4-2/h8-9,11,13H,3-7,10,12H2,1-2H3,(H,20,21,22). The van der Waals surface area contributed by atoms with Gasteiger partial charge in [0.2, 0.25) is 11.7 Å². The molecule has 3 nitrogen and oxygen atoms in total. The lowest BCUT2D eigenvalue weighted by atomic mass is 10.00. The van der Waals surface area contributed by atoms with Crippen LogP contribution in [-0.2, 0) is 4.79 Å². The van der Waals surface area contributed by atoms with Crippen molar-refractivity contribution < 1.29 is 9.59 Å². The summed E-state index contributed by atoms with van der Waals surface area (Å²) in [5.74, 6) is -0.102. The van der Waals surface area contributed by atoms with Crippen LogP contribution in [0.4, 0.5) is 0 Å². The Morgan fingerprint density at radius 3 is 2.41 bits per heavy atom. The number of rotatable bonds is 8. The molecule has 1 aliphatic carbocycles. The van der Waals surface area contributed by atoms with Crippen molar-refractivity contribution in [2.45, 2.75) is 58.8 Å². The molecule has 1 aliphatic rings. The zero-order chi connectivity index (χ0) is 15.9. The Bertz CT molecular complexity index is 587. The SMILES string of the molecule is CCCCCCC1=C(NC(=O)CCC)C(=O)c2ccccc21. The summed E-state index contributed by atoms with van der Waals surface area (Å²) in [6.45, 7) is 4.15. The second-order valence-corrected chi connectivity index (χ2v) is 5.84. The lowest BCUT2D eigenvalue weighted by Gasteiger charge is -2.09. The predicted molar refractivity (Wildman–Crippen MR) is 89.5 cm³/mol. The Labute approximate surface area is 132 Å². The molecule has 0 fully saturated rings. The van der Waals surface area contributed by atoms with Crippen LogP contribution in [0.15, 0.2) is 30.0 Å². The normalized spacial score (nSPS) is 13.5. The monoisotopic (exact) mass is 299 g/mol. The minimum atomic E-state index is -0.0651. The van der Waals surface area contributed by atoms with Gasteiger partial charge >= 0.3 is 0 Å². The van der Waals surface area contributed by atoms with E-state index < -0.39 is 0 Å². The molecule has 0 aliphatic heterocycles. The Kier molecular flexibility index (Phi) is 5.93. The highest BCUT2D eigenvalue weighted by atomic mass is 16.2. The second kappa shape index (κ2) is 7.92. The summed E-state index contributed by atoms with van der Waals surface area (Å²) in [4.78, 5) is 24.5. The first kappa shape index (κ1) is 16.5. The van der Waals surface area contributed by atoms with Gasteiger partial charge in [-0.3, -0.25) is 9.59 Å². The molecule has 0 aromatic heterocycles. The van der Waals surface area contributed by atoms with E-state index in [0.29, 0.717) is 12.1 Å². The topological polar surface area (TPSA) is 46.2 Å². The summed E-state index contributed by atoms with van der Waals surface area (Å²) in [7, 11) is 0. The fourth-order valence-electron chi connectivity index (χ4n) is 2.90. The maximum absolute atomic E-state index is 12.6. The summed E-state index contributed by atoms with van der Waals surface area (Å²) in [5, 5.41) is 2.86. The van der Waals surface area contributed by atoms with Gasteiger partial charge in [-0.05, 0) is 30.4 Å². The van der Waals surface area contributed by atoms with Crippen LogP contribution in [-0.4, -0.2) is 11.7 Å². The van der Waals surface area contributed by atoms with Gasteiger partial charge in [0.1, 0.15) is 0 Å². The third-order valence-corrected chi connectivity index (χ3v) is 4.05. The van der Waals surface area contributed by atoms with E-state index in [2.05, 4.69) is 12.2 Å². The number of allylic oxidation sites excluding steroid dienone is 2. The lowest BCUT2D eigenvalue weighted by Crippen LogP contribution is -2.26. The number of Topliss-reactive ketones (excluding diaryl/α,β-unsaturated/α-hetero) is 1. The molecule has 118 valence electrons. The number of ketones is 1. The number of hydrogen-bond acceptors (Lipinski definition) is 2. The largest absolute Gasteiger partial charge is 0.323 e. The van der Waals surface area contributed by atoms with Crippen LogP contribution < -0.4 is 5.32 Å². The number of unbranched alkanes of at least 4 members (excludes halogenated alkanes) is 3. The zero-order valence-electron chi connectivity index (χ0n) is 13.6. The van der Waals surface area contributed by atoms with E-state index in [-0.39, 0.29) is 11.7 Å². The first-order valence-corrected chi connectivity index (χ1v) is 8.36. The fraction of sp³-hybridized carbons (Fsp3) is 0.474. The average molecular weight is 299 g/mol. The molecule has 1 amide bonds. The summed E-state index contributed by atoms with van der Waals surface area (Å²) < 4.78 is 0. The van der Waals surface area contributed by atoms with Crippen LogP contribution in [0.5, 0.6) is 0 Å². The van der Waals surface area contributed by atoms with Crippen molar-refractivity contribution in [2.75, 3.05) is 0 Å². The zero-order valence-corrected chi connectivity index (χ0v) is 13.6. The Morgan fingerprint density at radius 1 is 1.00 bits per heavy atom. The Hall–Kier alpha value is -1.90. The number of carbonyl (C=O) groups excluding carboxylic acids is 2. The van der Waals surface area contributed by atoms with Gasteiger partial charge in [0.05, 0.1) is 5.70 Å². The van der Waals surface area contributed by atoms with Crippen molar-refractivity contribution >= 4 is 17.3 Å². The van der Waals surface area contributed by atoms with Crippen molar-refractivity contribution in [3.8, 4) is 0 Å². The third kappa shape index (κ3) is 3.65. The number of fused-ring (bicyclic) bond motifs is 1. The molecule has 0 spiro atoms. The number of carbonyl (C=O) groups is 2. The van der Waals surface area contributed by atoms with Gasteiger partial charge in [-0.25, -0.2) is 0 Å². The van der Waals surface area contributed by atoms with Gasteiger partial charge in [0.25, 0.3) is 0 Å². The molecule has 2 rings (SSSR count). The highest BCUT2D eigenvalue weighted by molar-refractivity contribution is 6.21.